The fraction of sp³-hybridized carbons (Fsp3) is 0.400. The van der Waals surface area contributed by atoms with Gasteiger partial charge < -0.3 is 19.6 Å². The SMILES string of the molecule is C=CCN(C(=O)OCc1ccc(C)cc1)C1CCN(CCC(CO)(CN(C)S(=O)(=O)c2ccccc2)c2ccccc2)CC1. The minimum absolute atomic E-state index is 0.0358. The van der Waals surface area contributed by atoms with Crippen molar-refractivity contribution in [1.82, 2.24) is 14.1 Å². The molecule has 3 aromatic rings. The summed E-state index contributed by atoms with van der Waals surface area (Å²) in [6.45, 7) is 8.69. The summed E-state index contributed by atoms with van der Waals surface area (Å²) in [7, 11) is -2.16. The number of benzene rings is 3. The summed E-state index contributed by atoms with van der Waals surface area (Å²) in [5.41, 5.74) is 2.22. The van der Waals surface area contributed by atoms with Gasteiger partial charge in [0.25, 0.3) is 0 Å². The van der Waals surface area contributed by atoms with Crippen LogP contribution in [0.15, 0.2) is 102 Å². The van der Waals surface area contributed by atoms with Gasteiger partial charge in [0, 0.05) is 44.7 Å². The molecule has 9 heteroatoms. The van der Waals surface area contributed by atoms with Crippen molar-refractivity contribution in [2.24, 2.45) is 0 Å². The molecule has 1 aliphatic rings. The molecule has 236 valence electrons. The molecule has 0 aliphatic carbocycles. The number of ether oxygens (including phenoxy) is 1. The lowest BCUT2D eigenvalue weighted by Crippen LogP contribution is -2.50. The molecule has 0 aromatic heterocycles. The Morgan fingerprint density at radius 1 is 1.02 bits per heavy atom. The van der Waals surface area contributed by atoms with Crippen molar-refractivity contribution >= 4 is 16.1 Å². The average Bonchev–Trinajstić information content (AvgIpc) is 3.06. The van der Waals surface area contributed by atoms with Crippen molar-refractivity contribution in [2.45, 2.75) is 49.1 Å². The van der Waals surface area contributed by atoms with Crippen molar-refractivity contribution < 1.29 is 23.1 Å². The quantitative estimate of drug-likeness (QED) is 0.249. The summed E-state index contributed by atoms with van der Waals surface area (Å²) in [5.74, 6) is 0. The van der Waals surface area contributed by atoms with Gasteiger partial charge in [-0.3, -0.25) is 0 Å². The highest BCUT2D eigenvalue weighted by Crippen LogP contribution is 2.32. The van der Waals surface area contributed by atoms with Gasteiger partial charge in [-0.25, -0.2) is 13.2 Å². The predicted molar refractivity (Wildman–Crippen MR) is 174 cm³/mol. The van der Waals surface area contributed by atoms with E-state index in [2.05, 4.69) is 11.5 Å². The summed E-state index contributed by atoms with van der Waals surface area (Å²) in [6, 6.07) is 26.0. The third-order valence-corrected chi connectivity index (χ3v) is 10.4. The van der Waals surface area contributed by atoms with E-state index in [9.17, 15) is 18.3 Å². The highest BCUT2D eigenvalue weighted by molar-refractivity contribution is 7.89. The topological polar surface area (TPSA) is 90.4 Å². The van der Waals surface area contributed by atoms with E-state index >= 15 is 0 Å². The minimum Gasteiger partial charge on any atom is -0.445 e. The maximum atomic E-state index is 13.4. The Morgan fingerprint density at radius 2 is 1.64 bits per heavy atom. The first kappa shape index (κ1) is 33.4. The number of hydrogen-bond donors (Lipinski definition) is 1. The van der Waals surface area contributed by atoms with Gasteiger partial charge in [-0.15, -0.1) is 6.58 Å². The second-order valence-electron chi connectivity index (χ2n) is 11.7. The average molecular weight is 620 g/mol. The van der Waals surface area contributed by atoms with Crippen LogP contribution >= 0.6 is 0 Å². The van der Waals surface area contributed by atoms with Gasteiger partial charge in [-0.1, -0.05) is 84.4 Å². The number of piperidine rings is 1. The van der Waals surface area contributed by atoms with E-state index < -0.39 is 15.4 Å². The number of hydrogen-bond acceptors (Lipinski definition) is 6. The molecule has 1 heterocycles. The smallest absolute Gasteiger partial charge is 0.410 e. The van der Waals surface area contributed by atoms with Crippen LogP contribution in [-0.2, 0) is 26.8 Å². The lowest BCUT2D eigenvalue weighted by atomic mass is 9.77. The highest BCUT2D eigenvalue weighted by atomic mass is 32.2. The molecular formula is C35H45N3O5S. The Bertz CT molecular complexity index is 1440. The molecule has 1 unspecified atom stereocenters. The van der Waals surface area contributed by atoms with E-state index in [1.54, 1.807) is 48.4 Å². The number of aryl methyl sites for hydroxylation is 1. The zero-order valence-electron chi connectivity index (χ0n) is 25.8. The van der Waals surface area contributed by atoms with E-state index in [0.29, 0.717) is 19.5 Å². The van der Waals surface area contributed by atoms with Crippen molar-refractivity contribution in [3.63, 3.8) is 0 Å². The number of likely N-dealkylation sites (tertiary alicyclic amines) is 1. The van der Waals surface area contributed by atoms with Gasteiger partial charge >= 0.3 is 6.09 Å². The van der Waals surface area contributed by atoms with Gasteiger partial charge in [-0.05, 0) is 56.0 Å². The number of carbonyl (C=O) groups excluding carboxylic acids is 1. The van der Waals surface area contributed by atoms with Crippen LogP contribution in [-0.4, -0.2) is 86.1 Å². The number of amides is 1. The standard InChI is InChI=1S/C35H45N3O5S/c1-4-22-38(34(40)43-26-30-17-15-29(2)16-18-30)32-19-23-37(24-20-32)25-21-35(28-39,31-11-7-5-8-12-31)27-36(3)44(41,42)33-13-9-6-10-14-33/h4-18,32,39H,1,19-28H2,2-3H3. The Labute approximate surface area is 262 Å². The van der Waals surface area contributed by atoms with Gasteiger partial charge in [-0.2, -0.15) is 4.31 Å². The van der Waals surface area contributed by atoms with Crippen LogP contribution in [0.3, 0.4) is 0 Å². The summed E-state index contributed by atoms with van der Waals surface area (Å²) in [4.78, 5) is 17.4. The number of aliphatic hydroxyl groups is 1. The van der Waals surface area contributed by atoms with Gasteiger partial charge in [0.05, 0.1) is 11.5 Å². The molecule has 0 spiro atoms. The predicted octanol–water partition coefficient (Wildman–Crippen LogP) is 5.23. The van der Waals surface area contributed by atoms with E-state index in [0.717, 1.165) is 42.6 Å². The summed E-state index contributed by atoms with van der Waals surface area (Å²) in [6.07, 6.45) is 3.53. The van der Waals surface area contributed by atoms with E-state index in [-0.39, 0.29) is 36.8 Å². The second-order valence-corrected chi connectivity index (χ2v) is 13.7. The Hall–Kier alpha value is -3.50. The number of rotatable bonds is 14. The molecule has 1 aliphatic heterocycles. The highest BCUT2D eigenvalue weighted by Gasteiger charge is 2.37. The molecule has 1 saturated heterocycles. The third-order valence-electron chi connectivity index (χ3n) is 8.61. The molecule has 0 saturated carbocycles. The number of nitrogens with zero attached hydrogens (tertiary/aromatic N) is 3. The molecule has 44 heavy (non-hydrogen) atoms. The molecule has 8 nitrogen and oxygen atoms in total. The largest absolute Gasteiger partial charge is 0.445 e. The lowest BCUT2D eigenvalue weighted by molar-refractivity contribution is 0.0628. The first-order valence-electron chi connectivity index (χ1n) is 15.2. The molecule has 3 aromatic carbocycles. The van der Waals surface area contributed by atoms with Crippen LogP contribution in [0.4, 0.5) is 4.79 Å². The fourth-order valence-electron chi connectivity index (χ4n) is 5.86. The molecule has 4 rings (SSSR count). The van der Waals surface area contributed by atoms with Crippen LogP contribution in [0.25, 0.3) is 0 Å². The lowest BCUT2D eigenvalue weighted by Gasteiger charge is -2.40. The zero-order chi connectivity index (χ0) is 31.6. The molecule has 1 amide bonds. The molecule has 1 N–H and O–H groups in total. The molecule has 0 bridgehead atoms. The van der Waals surface area contributed by atoms with E-state index in [1.807, 2.05) is 61.5 Å². The minimum atomic E-state index is -3.74. The summed E-state index contributed by atoms with van der Waals surface area (Å²) >= 11 is 0. The molecule has 1 fully saturated rings. The summed E-state index contributed by atoms with van der Waals surface area (Å²) < 4.78 is 33.8. The Morgan fingerprint density at radius 3 is 2.23 bits per heavy atom. The third kappa shape index (κ3) is 8.35. The van der Waals surface area contributed by atoms with Gasteiger partial charge in [0.15, 0.2) is 0 Å². The van der Waals surface area contributed by atoms with Crippen LogP contribution in [0.1, 0.15) is 36.0 Å². The van der Waals surface area contributed by atoms with Crippen molar-refractivity contribution in [2.75, 3.05) is 46.4 Å². The van der Waals surface area contributed by atoms with E-state index in [1.165, 1.54) is 4.31 Å². The second kappa shape index (κ2) is 15.5. The monoisotopic (exact) mass is 619 g/mol. The normalized spacial score (nSPS) is 15.9. The number of sulfonamides is 1. The van der Waals surface area contributed by atoms with Crippen LogP contribution in [0.5, 0.6) is 0 Å². The summed E-state index contributed by atoms with van der Waals surface area (Å²) in [5, 5.41) is 10.8. The maximum absolute atomic E-state index is 13.4. The maximum Gasteiger partial charge on any atom is 0.410 e. The van der Waals surface area contributed by atoms with Crippen LogP contribution in [0, 0.1) is 6.92 Å². The van der Waals surface area contributed by atoms with E-state index in [4.69, 9.17) is 4.74 Å². The Balaban J connectivity index is 1.40. The van der Waals surface area contributed by atoms with Crippen molar-refractivity contribution in [3.8, 4) is 0 Å². The number of carbonyl (C=O) groups is 1. The first-order chi connectivity index (χ1) is 21.2. The van der Waals surface area contributed by atoms with Crippen LogP contribution in [0.2, 0.25) is 0 Å². The number of likely N-dealkylation sites (N-methyl/N-ethyl adjacent to an activating group) is 1. The van der Waals surface area contributed by atoms with Crippen molar-refractivity contribution in [1.29, 1.82) is 0 Å². The molecule has 0 radical (unpaired) electrons. The fourth-order valence-corrected chi connectivity index (χ4v) is 7.14. The first-order valence-corrected chi connectivity index (χ1v) is 16.6. The van der Waals surface area contributed by atoms with Gasteiger partial charge in [0.1, 0.15) is 6.61 Å². The van der Waals surface area contributed by atoms with Crippen LogP contribution < -0.4 is 0 Å². The molecule has 1 atom stereocenters. The van der Waals surface area contributed by atoms with Crippen molar-refractivity contribution in [3.05, 3.63) is 114 Å². The number of aliphatic hydroxyl groups excluding tert-OH is 1. The van der Waals surface area contributed by atoms with Gasteiger partial charge in [0.2, 0.25) is 10.0 Å². The zero-order valence-corrected chi connectivity index (χ0v) is 26.7. The Kier molecular flexibility index (Phi) is 11.7. The molecular weight excluding hydrogens is 574 g/mol.